The number of ether oxygens (including phenoxy) is 2. The Hall–Kier alpha value is -3.06. The molecule has 0 amide bonds. The van der Waals surface area contributed by atoms with Crippen LogP contribution in [0, 0.1) is 0 Å². The molecule has 0 radical (unpaired) electrons. The second-order valence-electron chi connectivity index (χ2n) is 8.36. The minimum absolute atomic E-state index is 0.272. The lowest BCUT2D eigenvalue weighted by atomic mass is 10.2. The summed E-state index contributed by atoms with van der Waals surface area (Å²) >= 11 is 3.37. The van der Waals surface area contributed by atoms with Crippen molar-refractivity contribution in [2.45, 2.75) is 39.1 Å². The molecular formula is C29H26BrO4S+. The van der Waals surface area contributed by atoms with Crippen LogP contribution >= 0.6 is 15.9 Å². The summed E-state index contributed by atoms with van der Waals surface area (Å²) in [5.41, 5.74) is 0.333. The predicted molar refractivity (Wildman–Crippen MR) is 143 cm³/mol. The largest absolute Gasteiger partial charge is 0.464 e. The van der Waals surface area contributed by atoms with Crippen LogP contribution in [0.25, 0.3) is 0 Å². The summed E-state index contributed by atoms with van der Waals surface area (Å²) in [6.07, 6.45) is -1.08. The number of alkyl halides is 1. The van der Waals surface area contributed by atoms with Gasteiger partial charge in [-0.3, -0.25) is 0 Å². The lowest BCUT2D eigenvalue weighted by molar-refractivity contribution is -0.0369. The van der Waals surface area contributed by atoms with Crippen molar-refractivity contribution < 1.29 is 19.4 Å². The highest BCUT2D eigenvalue weighted by molar-refractivity contribution is 9.10. The van der Waals surface area contributed by atoms with Gasteiger partial charge in [0.15, 0.2) is 14.7 Å². The van der Waals surface area contributed by atoms with Gasteiger partial charge in [0.25, 0.3) is 0 Å². The minimum atomic E-state index is -1.08. The molecule has 0 aliphatic rings. The molecule has 35 heavy (non-hydrogen) atoms. The number of carbonyl (C=O) groups is 1. The van der Waals surface area contributed by atoms with Crippen molar-refractivity contribution in [3.8, 4) is 11.5 Å². The number of carbonyl (C=O) groups excluding carboxylic acids is 1. The Balaban J connectivity index is 1.51. The molecule has 0 heterocycles. The maximum absolute atomic E-state index is 12.8. The van der Waals surface area contributed by atoms with Crippen LogP contribution < -0.4 is 9.47 Å². The molecule has 4 aromatic carbocycles. The van der Waals surface area contributed by atoms with E-state index in [1.165, 1.54) is 9.79 Å². The Morgan fingerprint density at radius 3 is 1.86 bits per heavy atom. The number of aliphatic hydroxyl groups is 1. The predicted octanol–water partition coefficient (Wildman–Crippen LogP) is 6.87. The Kier molecular flexibility index (Phi) is 7.96. The average molecular weight is 550 g/mol. The number of benzene rings is 4. The molecule has 0 aliphatic heterocycles. The van der Waals surface area contributed by atoms with E-state index >= 15 is 0 Å². The monoisotopic (exact) mass is 549 g/mol. The van der Waals surface area contributed by atoms with Gasteiger partial charge in [-0.05, 0) is 80.6 Å². The Labute approximate surface area is 217 Å². The molecule has 1 unspecified atom stereocenters. The molecule has 4 aromatic rings. The zero-order valence-electron chi connectivity index (χ0n) is 19.4. The van der Waals surface area contributed by atoms with E-state index in [9.17, 15) is 9.90 Å². The average Bonchev–Trinajstić information content (AvgIpc) is 2.86. The molecule has 178 valence electrons. The SMILES string of the molecule is CC(C)(Br)C(O)Oc1cccc(C(=O)Oc2ccc([S+](c3ccccc3)c3ccccc3)cc2)c1. The molecule has 0 aliphatic carbocycles. The summed E-state index contributed by atoms with van der Waals surface area (Å²) in [7, 11) is -0.272. The van der Waals surface area contributed by atoms with Crippen LogP contribution in [-0.2, 0) is 10.9 Å². The number of hydrogen-bond acceptors (Lipinski definition) is 4. The molecule has 0 aromatic heterocycles. The number of rotatable bonds is 8. The van der Waals surface area contributed by atoms with E-state index in [4.69, 9.17) is 9.47 Å². The van der Waals surface area contributed by atoms with Gasteiger partial charge in [-0.15, -0.1) is 0 Å². The number of halogens is 1. The number of hydrogen-bond donors (Lipinski definition) is 1. The van der Waals surface area contributed by atoms with E-state index in [-0.39, 0.29) is 10.9 Å². The maximum Gasteiger partial charge on any atom is 0.343 e. The van der Waals surface area contributed by atoms with Crippen LogP contribution in [0.2, 0.25) is 0 Å². The molecule has 0 spiro atoms. The van der Waals surface area contributed by atoms with E-state index in [1.807, 2.05) is 60.7 Å². The van der Waals surface area contributed by atoms with E-state index < -0.39 is 16.6 Å². The molecular weight excluding hydrogens is 524 g/mol. The second kappa shape index (κ2) is 11.1. The zero-order chi connectivity index (χ0) is 24.8. The van der Waals surface area contributed by atoms with Crippen molar-refractivity contribution in [1.29, 1.82) is 0 Å². The fourth-order valence-electron chi connectivity index (χ4n) is 3.30. The van der Waals surface area contributed by atoms with Crippen molar-refractivity contribution in [2.75, 3.05) is 0 Å². The first-order chi connectivity index (χ1) is 16.8. The fraction of sp³-hybridized carbons (Fsp3) is 0.138. The van der Waals surface area contributed by atoms with Gasteiger partial charge >= 0.3 is 5.97 Å². The topological polar surface area (TPSA) is 55.8 Å². The molecule has 4 rings (SSSR count). The molecule has 0 saturated carbocycles. The van der Waals surface area contributed by atoms with E-state index in [2.05, 4.69) is 40.2 Å². The molecule has 1 N–H and O–H groups in total. The van der Waals surface area contributed by atoms with Gasteiger partial charge in [-0.2, -0.15) is 0 Å². The highest BCUT2D eigenvalue weighted by Crippen LogP contribution is 2.32. The van der Waals surface area contributed by atoms with E-state index in [0.29, 0.717) is 17.1 Å². The van der Waals surface area contributed by atoms with E-state index in [0.717, 1.165) is 4.90 Å². The summed E-state index contributed by atoms with van der Waals surface area (Å²) in [6.45, 7) is 3.58. The maximum atomic E-state index is 12.8. The minimum Gasteiger partial charge on any atom is -0.464 e. The Bertz CT molecular complexity index is 1220. The van der Waals surface area contributed by atoms with Crippen molar-refractivity contribution >= 4 is 32.8 Å². The van der Waals surface area contributed by atoms with Crippen molar-refractivity contribution in [2.24, 2.45) is 0 Å². The normalized spacial score (nSPS) is 12.3. The quantitative estimate of drug-likeness (QED) is 0.0855. The van der Waals surface area contributed by atoms with Gasteiger partial charge in [0.1, 0.15) is 11.5 Å². The van der Waals surface area contributed by atoms with Crippen LogP contribution in [0.3, 0.4) is 0 Å². The lowest BCUT2D eigenvalue weighted by Gasteiger charge is -2.24. The third kappa shape index (κ3) is 6.54. The van der Waals surface area contributed by atoms with Crippen LogP contribution in [0.5, 0.6) is 11.5 Å². The molecule has 0 saturated heterocycles. The highest BCUT2D eigenvalue weighted by Gasteiger charge is 2.28. The summed E-state index contributed by atoms with van der Waals surface area (Å²) in [4.78, 5) is 16.3. The van der Waals surface area contributed by atoms with Gasteiger partial charge in [-0.1, -0.05) is 58.4 Å². The van der Waals surface area contributed by atoms with Gasteiger partial charge < -0.3 is 14.6 Å². The van der Waals surface area contributed by atoms with Crippen LogP contribution in [0.1, 0.15) is 24.2 Å². The molecule has 4 nitrogen and oxygen atoms in total. The first-order valence-electron chi connectivity index (χ1n) is 11.1. The standard InChI is InChI=1S/C29H26BrO4S/c1-29(2,30)28(32)34-23-11-9-10-21(20-23)27(31)33-22-16-18-26(19-17-22)35(24-12-5-3-6-13-24)25-14-7-4-8-15-25/h3-20,28,32H,1-2H3/q+1. The molecule has 6 heteroatoms. The molecule has 1 atom stereocenters. The molecule has 0 fully saturated rings. The Morgan fingerprint density at radius 2 is 1.31 bits per heavy atom. The Morgan fingerprint density at radius 1 is 0.771 bits per heavy atom. The van der Waals surface area contributed by atoms with Crippen LogP contribution in [-0.4, -0.2) is 21.7 Å². The van der Waals surface area contributed by atoms with E-state index in [1.54, 1.807) is 38.1 Å². The summed E-state index contributed by atoms with van der Waals surface area (Å²) < 4.78 is 10.5. The fourth-order valence-corrected chi connectivity index (χ4v) is 5.47. The highest BCUT2D eigenvalue weighted by atomic mass is 79.9. The first-order valence-corrected chi connectivity index (χ1v) is 13.1. The van der Waals surface area contributed by atoms with Crippen molar-refractivity contribution in [1.82, 2.24) is 0 Å². The van der Waals surface area contributed by atoms with Gasteiger partial charge in [0, 0.05) is 0 Å². The lowest BCUT2D eigenvalue weighted by Crippen LogP contribution is -2.34. The summed E-state index contributed by atoms with van der Waals surface area (Å²) in [5.74, 6) is 0.335. The summed E-state index contributed by atoms with van der Waals surface area (Å²) in [5, 5.41) is 10.2. The smallest absolute Gasteiger partial charge is 0.343 e. The number of aliphatic hydroxyl groups excluding tert-OH is 1. The first kappa shape index (κ1) is 25.0. The summed E-state index contributed by atoms with van der Waals surface area (Å²) in [6, 6.07) is 34.9. The van der Waals surface area contributed by atoms with Gasteiger partial charge in [0.2, 0.25) is 6.29 Å². The zero-order valence-corrected chi connectivity index (χ0v) is 21.8. The van der Waals surface area contributed by atoms with Crippen molar-refractivity contribution in [3.05, 3.63) is 115 Å². The number of esters is 1. The second-order valence-corrected chi connectivity index (χ2v) is 12.4. The van der Waals surface area contributed by atoms with Gasteiger partial charge in [-0.25, -0.2) is 4.79 Å². The van der Waals surface area contributed by atoms with Crippen LogP contribution in [0.15, 0.2) is 124 Å². The third-order valence-electron chi connectivity index (χ3n) is 5.13. The van der Waals surface area contributed by atoms with Gasteiger partial charge in [0.05, 0.1) is 20.8 Å². The van der Waals surface area contributed by atoms with Crippen molar-refractivity contribution in [3.63, 3.8) is 0 Å². The third-order valence-corrected chi connectivity index (χ3v) is 7.75. The molecule has 0 bridgehead atoms. The van der Waals surface area contributed by atoms with Crippen LogP contribution in [0.4, 0.5) is 0 Å².